The van der Waals surface area contributed by atoms with Crippen LogP contribution in [0.15, 0.2) is 48.8 Å². The van der Waals surface area contributed by atoms with Gasteiger partial charge in [-0.1, -0.05) is 41.9 Å². The van der Waals surface area contributed by atoms with Crippen LogP contribution >= 0.6 is 11.6 Å². The van der Waals surface area contributed by atoms with Crippen molar-refractivity contribution in [3.05, 3.63) is 70.5 Å². The number of ether oxygens (including phenoxy) is 1. The van der Waals surface area contributed by atoms with Crippen LogP contribution in [0.2, 0.25) is 5.02 Å². The van der Waals surface area contributed by atoms with Crippen LogP contribution in [0.5, 0.6) is 11.6 Å². The van der Waals surface area contributed by atoms with Crippen LogP contribution in [0.25, 0.3) is 0 Å². The number of hydrogen-bond acceptors (Lipinski definition) is 6. The number of nitrogens with two attached hydrogens (primary N) is 1. The van der Waals surface area contributed by atoms with E-state index in [4.69, 9.17) is 22.1 Å². The number of carbonyl (C=O) groups excluding carboxylic acids is 1. The van der Waals surface area contributed by atoms with Crippen LogP contribution in [0.4, 0.5) is 11.5 Å². The number of amides is 1. The van der Waals surface area contributed by atoms with E-state index in [0.29, 0.717) is 10.8 Å². The molecule has 28 heavy (non-hydrogen) atoms. The number of nitrogens with zero attached hydrogens (tertiary/aromatic N) is 2. The van der Waals surface area contributed by atoms with Crippen LogP contribution in [-0.4, -0.2) is 15.9 Å². The maximum atomic E-state index is 12.1. The number of aryl methyl sites for hydroxylation is 2. The second-order valence-electron chi connectivity index (χ2n) is 6.25. The van der Waals surface area contributed by atoms with Gasteiger partial charge in [0.2, 0.25) is 11.8 Å². The summed E-state index contributed by atoms with van der Waals surface area (Å²) in [6.45, 7) is 3.78. The fourth-order valence-electron chi connectivity index (χ4n) is 2.59. The minimum atomic E-state index is -0.226. The van der Waals surface area contributed by atoms with E-state index in [9.17, 15) is 4.79 Å². The van der Waals surface area contributed by atoms with Crippen molar-refractivity contribution in [3.8, 4) is 11.6 Å². The monoisotopic (exact) mass is 397 g/mol. The first kappa shape index (κ1) is 19.4. The molecule has 0 spiro atoms. The predicted octanol–water partition coefficient (Wildman–Crippen LogP) is 3.81. The smallest absolute Gasteiger partial charge is 0.248 e. The molecule has 0 saturated carbocycles. The van der Waals surface area contributed by atoms with Crippen molar-refractivity contribution in [1.82, 2.24) is 15.4 Å². The quantitative estimate of drug-likeness (QED) is 0.546. The molecule has 0 fully saturated rings. The fraction of sp³-hybridized carbons (Fsp3) is 0.150. The van der Waals surface area contributed by atoms with E-state index in [-0.39, 0.29) is 29.7 Å². The molecule has 0 radical (unpaired) electrons. The zero-order valence-corrected chi connectivity index (χ0v) is 16.2. The zero-order chi connectivity index (χ0) is 20.1. The molecule has 1 heterocycles. The van der Waals surface area contributed by atoms with Gasteiger partial charge in [0, 0.05) is 5.02 Å². The summed E-state index contributed by atoms with van der Waals surface area (Å²) in [5.74, 6) is 0.754. The summed E-state index contributed by atoms with van der Waals surface area (Å²) in [7, 11) is 0. The van der Waals surface area contributed by atoms with Gasteiger partial charge >= 0.3 is 0 Å². The van der Waals surface area contributed by atoms with Crippen molar-refractivity contribution in [2.45, 2.75) is 20.3 Å². The van der Waals surface area contributed by atoms with Crippen molar-refractivity contribution < 1.29 is 9.53 Å². The SMILES string of the molecule is Cc1cc(Oc2ncnc(NNC(=O)Cc3ccccc3)c2N)cc(C)c1Cl. The van der Waals surface area contributed by atoms with E-state index in [1.807, 2.05) is 44.2 Å². The van der Waals surface area contributed by atoms with E-state index >= 15 is 0 Å². The van der Waals surface area contributed by atoms with Crippen LogP contribution in [0, 0.1) is 13.8 Å². The second-order valence-corrected chi connectivity index (χ2v) is 6.63. The number of anilines is 2. The van der Waals surface area contributed by atoms with E-state index in [0.717, 1.165) is 16.7 Å². The Kier molecular flexibility index (Phi) is 5.96. The molecule has 8 heteroatoms. The Bertz CT molecular complexity index is 972. The molecule has 3 rings (SSSR count). The highest BCUT2D eigenvalue weighted by molar-refractivity contribution is 6.32. The lowest BCUT2D eigenvalue weighted by Gasteiger charge is -2.13. The molecule has 0 aliphatic carbocycles. The third-order valence-electron chi connectivity index (χ3n) is 4.00. The zero-order valence-electron chi connectivity index (χ0n) is 15.5. The second kappa shape index (κ2) is 8.58. The number of hydrogen-bond donors (Lipinski definition) is 3. The largest absolute Gasteiger partial charge is 0.437 e. The number of hydrazine groups is 1. The van der Waals surface area contributed by atoms with Gasteiger partial charge in [-0.3, -0.25) is 15.6 Å². The normalized spacial score (nSPS) is 10.4. The summed E-state index contributed by atoms with van der Waals surface area (Å²) >= 11 is 6.18. The maximum absolute atomic E-state index is 12.1. The standard InChI is InChI=1S/C20H20ClN5O2/c1-12-8-15(9-13(2)17(12)21)28-20-18(22)19(23-11-24-20)26-25-16(27)10-14-6-4-3-5-7-14/h3-9,11H,10,22H2,1-2H3,(H,25,27)(H,23,24,26). The fourth-order valence-corrected chi connectivity index (χ4v) is 2.70. The Balaban J connectivity index is 1.68. The molecule has 7 nitrogen and oxygen atoms in total. The van der Waals surface area contributed by atoms with Gasteiger partial charge in [0.1, 0.15) is 17.8 Å². The van der Waals surface area contributed by atoms with Gasteiger partial charge in [-0.25, -0.2) is 4.98 Å². The summed E-state index contributed by atoms with van der Waals surface area (Å²) in [5, 5.41) is 0.687. The van der Waals surface area contributed by atoms with Gasteiger partial charge in [-0.05, 0) is 42.7 Å². The molecule has 0 aliphatic rings. The summed E-state index contributed by atoms with van der Waals surface area (Å²) in [5.41, 5.74) is 14.2. The number of nitrogen functional groups attached to an aromatic ring is 1. The lowest BCUT2D eigenvalue weighted by atomic mass is 10.1. The van der Waals surface area contributed by atoms with Crippen molar-refractivity contribution >= 4 is 29.0 Å². The third kappa shape index (κ3) is 4.69. The lowest BCUT2D eigenvalue weighted by Crippen LogP contribution is -2.31. The summed E-state index contributed by atoms with van der Waals surface area (Å²) in [6.07, 6.45) is 1.53. The van der Waals surface area contributed by atoms with Crippen LogP contribution in [0.3, 0.4) is 0 Å². The molecule has 4 N–H and O–H groups in total. The Labute approximate surface area is 167 Å². The van der Waals surface area contributed by atoms with E-state index in [1.54, 1.807) is 12.1 Å². The molecule has 0 bridgehead atoms. The third-order valence-corrected chi connectivity index (χ3v) is 4.60. The van der Waals surface area contributed by atoms with E-state index in [2.05, 4.69) is 20.8 Å². The Morgan fingerprint density at radius 3 is 2.50 bits per heavy atom. The Morgan fingerprint density at radius 1 is 1.14 bits per heavy atom. The van der Waals surface area contributed by atoms with Crippen molar-refractivity contribution in [3.63, 3.8) is 0 Å². The van der Waals surface area contributed by atoms with Crippen molar-refractivity contribution in [2.75, 3.05) is 11.2 Å². The van der Waals surface area contributed by atoms with Crippen molar-refractivity contribution in [2.24, 2.45) is 0 Å². The molecule has 144 valence electrons. The molecule has 0 saturated heterocycles. The first-order valence-electron chi connectivity index (χ1n) is 8.58. The molecule has 3 aromatic rings. The number of benzene rings is 2. The average Bonchev–Trinajstić information content (AvgIpc) is 2.67. The molecule has 1 amide bonds. The van der Waals surface area contributed by atoms with E-state index in [1.165, 1.54) is 6.33 Å². The lowest BCUT2D eigenvalue weighted by molar-refractivity contribution is -0.119. The van der Waals surface area contributed by atoms with Gasteiger partial charge in [0.25, 0.3) is 0 Å². The van der Waals surface area contributed by atoms with Crippen LogP contribution in [-0.2, 0) is 11.2 Å². The number of halogens is 1. The summed E-state index contributed by atoms with van der Waals surface area (Å²) in [6, 6.07) is 13.0. The predicted molar refractivity (Wildman–Crippen MR) is 109 cm³/mol. The van der Waals surface area contributed by atoms with E-state index < -0.39 is 0 Å². The number of rotatable bonds is 6. The van der Waals surface area contributed by atoms with Gasteiger partial charge in [0.15, 0.2) is 5.82 Å². The number of nitrogens with one attached hydrogen (secondary N) is 2. The summed E-state index contributed by atoms with van der Waals surface area (Å²) in [4.78, 5) is 20.2. The molecule has 2 aromatic carbocycles. The molecular formula is C20H20ClN5O2. The highest BCUT2D eigenvalue weighted by Gasteiger charge is 2.13. The molecule has 0 aliphatic heterocycles. The minimum absolute atomic E-state index is 0.174. The Hall–Kier alpha value is -3.32. The molecule has 0 unspecified atom stereocenters. The number of aromatic nitrogens is 2. The van der Waals surface area contributed by atoms with Gasteiger partial charge < -0.3 is 10.5 Å². The van der Waals surface area contributed by atoms with Crippen molar-refractivity contribution in [1.29, 1.82) is 0 Å². The minimum Gasteiger partial charge on any atom is -0.437 e. The highest BCUT2D eigenvalue weighted by atomic mass is 35.5. The highest BCUT2D eigenvalue weighted by Crippen LogP contribution is 2.32. The summed E-state index contributed by atoms with van der Waals surface area (Å²) < 4.78 is 5.78. The molecule has 0 atom stereocenters. The van der Waals surface area contributed by atoms with Crippen LogP contribution in [0.1, 0.15) is 16.7 Å². The molecule has 1 aromatic heterocycles. The maximum Gasteiger partial charge on any atom is 0.248 e. The van der Waals surface area contributed by atoms with Gasteiger partial charge in [-0.2, -0.15) is 4.98 Å². The van der Waals surface area contributed by atoms with Crippen LogP contribution < -0.4 is 21.3 Å². The first-order chi connectivity index (χ1) is 13.4. The first-order valence-corrected chi connectivity index (χ1v) is 8.95. The molecular weight excluding hydrogens is 378 g/mol. The average molecular weight is 398 g/mol. The topological polar surface area (TPSA) is 102 Å². The Morgan fingerprint density at radius 2 is 1.82 bits per heavy atom. The number of carbonyl (C=O) groups is 1. The van der Waals surface area contributed by atoms with Gasteiger partial charge in [-0.15, -0.1) is 0 Å². The van der Waals surface area contributed by atoms with Gasteiger partial charge in [0.05, 0.1) is 6.42 Å².